The van der Waals surface area contributed by atoms with Crippen molar-refractivity contribution in [3.05, 3.63) is 29.3 Å². The van der Waals surface area contributed by atoms with Crippen LogP contribution >= 0.6 is 11.6 Å². The molecule has 0 aliphatic carbocycles. The number of anilines is 1. The first kappa shape index (κ1) is 16.3. The second kappa shape index (κ2) is 7.75. The number of aliphatic carboxylic acids is 2. The molecule has 0 bridgehead atoms. The Bertz CT molecular complexity index is 461. The van der Waals surface area contributed by atoms with Gasteiger partial charge in [0.2, 0.25) is 0 Å². The van der Waals surface area contributed by atoms with Crippen LogP contribution in [-0.2, 0) is 9.59 Å². The van der Waals surface area contributed by atoms with Gasteiger partial charge in [0.05, 0.1) is 5.92 Å². The van der Waals surface area contributed by atoms with Crippen LogP contribution in [0.1, 0.15) is 19.8 Å². The molecule has 0 fully saturated rings. The van der Waals surface area contributed by atoms with Gasteiger partial charge in [-0.25, -0.2) is 0 Å². The smallest absolute Gasteiger partial charge is 0.308 e. The number of halogens is 1. The molecule has 0 aliphatic heterocycles. The largest absolute Gasteiger partial charge is 0.481 e. The molecule has 1 aromatic carbocycles. The van der Waals surface area contributed by atoms with E-state index in [9.17, 15) is 9.59 Å². The Morgan fingerprint density at radius 3 is 2.35 bits per heavy atom. The van der Waals surface area contributed by atoms with Crippen molar-refractivity contribution in [1.82, 2.24) is 0 Å². The summed E-state index contributed by atoms with van der Waals surface area (Å²) in [4.78, 5) is 23.4. The summed E-state index contributed by atoms with van der Waals surface area (Å²) < 4.78 is 0. The van der Waals surface area contributed by atoms with Crippen LogP contribution in [0.2, 0.25) is 5.02 Å². The summed E-state index contributed by atoms with van der Waals surface area (Å²) in [5, 5.41) is 18.3. The monoisotopic (exact) mass is 299 g/mol. The van der Waals surface area contributed by atoms with Crippen LogP contribution in [0.4, 0.5) is 5.69 Å². The highest BCUT2D eigenvalue weighted by atomic mass is 35.5. The van der Waals surface area contributed by atoms with Gasteiger partial charge in [0.25, 0.3) is 0 Å². The normalized spacial score (nSPS) is 11.9. The fourth-order valence-electron chi connectivity index (χ4n) is 1.81. The first-order valence-corrected chi connectivity index (χ1v) is 6.73. The van der Waals surface area contributed by atoms with Crippen LogP contribution in [-0.4, -0.2) is 35.2 Å². The Hall–Kier alpha value is -1.75. The van der Waals surface area contributed by atoms with Gasteiger partial charge in [-0.2, -0.15) is 0 Å². The van der Waals surface area contributed by atoms with Gasteiger partial charge < -0.3 is 15.1 Å². The van der Waals surface area contributed by atoms with E-state index >= 15 is 0 Å². The van der Waals surface area contributed by atoms with Crippen molar-refractivity contribution in [2.45, 2.75) is 19.8 Å². The summed E-state index contributed by atoms with van der Waals surface area (Å²) in [7, 11) is 0. The van der Waals surface area contributed by atoms with Crippen LogP contribution in [0, 0.1) is 5.92 Å². The van der Waals surface area contributed by atoms with Crippen molar-refractivity contribution < 1.29 is 19.8 Å². The minimum absolute atomic E-state index is 0.0611. The summed E-state index contributed by atoms with van der Waals surface area (Å²) in [6.45, 7) is 2.45. The van der Waals surface area contributed by atoms with Gasteiger partial charge in [0, 0.05) is 30.2 Å². The number of benzene rings is 1. The average molecular weight is 300 g/mol. The molecule has 0 amide bonds. The van der Waals surface area contributed by atoms with Gasteiger partial charge in [-0.05, 0) is 30.7 Å². The highest BCUT2D eigenvalue weighted by Crippen LogP contribution is 2.20. The Morgan fingerprint density at radius 1 is 1.25 bits per heavy atom. The second-order valence-electron chi connectivity index (χ2n) is 4.66. The molecule has 0 saturated heterocycles. The van der Waals surface area contributed by atoms with Crippen molar-refractivity contribution in [3.63, 3.8) is 0 Å². The number of carbonyl (C=O) groups is 2. The first-order valence-electron chi connectivity index (χ1n) is 6.35. The van der Waals surface area contributed by atoms with Crippen molar-refractivity contribution in [2.24, 2.45) is 5.92 Å². The minimum Gasteiger partial charge on any atom is -0.481 e. The zero-order valence-electron chi connectivity index (χ0n) is 11.3. The molecule has 0 aromatic heterocycles. The van der Waals surface area contributed by atoms with E-state index in [1.807, 2.05) is 4.90 Å². The van der Waals surface area contributed by atoms with E-state index in [0.717, 1.165) is 5.69 Å². The summed E-state index contributed by atoms with van der Waals surface area (Å²) in [5.74, 6) is -2.26. The Morgan fingerprint density at radius 2 is 1.85 bits per heavy atom. The van der Waals surface area contributed by atoms with Crippen LogP contribution in [0.25, 0.3) is 0 Å². The second-order valence-corrected chi connectivity index (χ2v) is 5.10. The predicted molar refractivity (Wildman–Crippen MR) is 77.3 cm³/mol. The topological polar surface area (TPSA) is 77.8 Å². The van der Waals surface area contributed by atoms with E-state index in [-0.39, 0.29) is 6.42 Å². The van der Waals surface area contributed by atoms with E-state index in [1.165, 1.54) is 0 Å². The van der Waals surface area contributed by atoms with Crippen LogP contribution in [0.3, 0.4) is 0 Å². The third-order valence-corrected chi connectivity index (χ3v) is 3.18. The predicted octanol–water partition coefficient (Wildman–Crippen LogP) is 2.73. The zero-order chi connectivity index (χ0) is 15.1. The minimum atomic E-state index is -0.873. The lowest BCUT2D eigenvalue weighted by Gasteiger charge is -2.26. The molecular weight excluding hydrogens is 282 g/mol. The number of hydrogen-bond donors (Lipinski definition) is 2. The molecule has 1 rings (SSSR count). The molecule has 1 atom stereocenters. The van der Waals surface area contributed by atoms with Crippen LogP contribution < -0.4 is 4.90 Å². The molecule has 1 aromatic rings. The van der Waals surface area contributed by atoms with Gasteiger partial charge in [0.15, 0.2) is 0 Å². The number of carboxylic acids is 2. The molecule has 2 N–H and O–H groups in total. The standard InChI is InChI=1S/C14H18ClNO4/c1-10(14(19)20)9-16(8-2-3-13(17)18)12-6-4-11(15)5-7-12/h4-7,10H,2-3,8-9H2,1H3,(H,17,18)(H,19,20). The summed E-state index contributed by atoms with van der Waals surface area (Å²) >= 11 is 5.83. The molecule has 0 saturated carbocycles. The highest BCUT2D eigenvalue weighted by molar-refractivity contribution is 6.30. The average Bonchev–Trinajstić information content (AvgIpc) is 2.37. The lowest BCUT2D eigenvalue weighted by Crippen LogP contribution is -2.32. The number of rotatable bonds is 8. The molecule has 20 heavy (non-hydrogen) atoms. The summed E-state index contributed by atoms with van der Waals surface area (Å²) in [6.07, 6.45) is 0.524. The molecule has 0 radical (unpaired) electrons. The van der Waals surface area contributed by atoms with Crippen molar-refractivity contribution in [3.8, 4) is 0 Å². The van der Waals surface area contributed by atoms with Crippen molar-refractivity contribution >= 4 is 29.2 Å². The lowest BCUT2D eigenvalue weighted by atomic mass is 10.1. The van der Waals surface area contributed by atoms with E-state index in [1.54, 1.807) is 31.2 Å². The SMILES string of the molecule is CC(CN(CCCC(=O)O)c1ccc(Cl)cc1)C(=O)O. The van der Waals surface area contributed by atoms with Gasteiger partial charge in [-0.15, -0.1) is 0 Å². The maximum absolute atomic E-state index is 11.0. The maximum Gasteiger partial charge on any atom is 0.308 e. The number of hydrogen-bond acceptors (Lipinski definition) is 3. The van der Waals surface area contributed by atoms with Gasteiger partial charge in [0.1, 0.15) is 0 Å². The van der Waals surface area contributed by atoms with E-state index < -0.39 is 17.9 Å². The van der Waals surface area contributed by atoms with Crippen LogP contribution in [0.15, 0.2) is 24.3 Å². The zero-order valence-corrected chi connectivity index (χ0v) is 12.0. The molecule has 0 spiro atoms. The number of nitrogens with zero attached hydrogens (tertiary/aromatic N) is 1. The van der Waals surface area contributed by atoms with Crippen molar-refractivity contribution in [2.75, 3.05) is 18.0 Å². The molecule has 0 heterocycles. The highest BCUT2D eigenvalue weighted by Gasteiger charge is 2.16. The van der Waals surface area contributed by atoms with E-state index in [4.69, 9.17) is 21.8 Å². The van der Waals surface area contributed by atoms with Gasteiger partial charge >= 0.3 is 11.9 Å². The van der Waals surface area contributed by atoms with E-state index in [0.29, 0.717) is 24.5 Å². The first-order chi connectivity index (χ1) is 9.40. The fourth-order valence-corrected chi connectivity index (χ4v) is 1.93. The molecule has 1 unspecified atom stereocenters. The van der Waals surface area contributed by atoms with Gasteiger partial charge in [-0.3, -0.25) is 9.59 Å². The summed E-state index contributed by atoms with van der Waals surface area (Å²) in [6, 6.07) is 7.06. The third kappa shape index (κ3) is 5.48. The maximum atomic E-state index is 11.0. The molecule has 110 valence electrons. The fraction of sp³-hybridized carbons (Fsp3) is 0.429. The Kier molecular flexibility index (Phi) is 6.31. The molecule has 6 heteroatoms. The number of carboxylic acid groups (broad SMARTS) is 2. The van der Waals surface area contributed by atoms with Gasteiger partial charge in [-0.1, -0.05) is 18.5 Å². The molecule has 5 nitrogen and oxygen atoms in total. The molecular formula is C14H18ClNO4. The van der Waals surface area contributed by atoms with Crippen molar-refractivity contribution in [1.29, 1.82) is 0 Å². The van der Waals surface area contributed by atoms with Crippen LogP contribution in [0.5, 0.6) is 0 Å². The quantitative estimate of drug-likeness (QED) is 0.771. The Balaban J connectivity index is 2.74. The van der Waals surface area contributed by atoms with E-state index in [2.05, 4.69) is 0 Å². The third-order valence-electron chi connectivity index (χ3n) is 2.93. The lowest BCUT2D eigenvalue weighted by molar-refractivity contribution is -0.141. The summed E-state index contributed by atoms with van der Waals surface area (Å²) in [5.41, 5.74) is 0.841. The molecule has 0 aliphatic rings. The Labute approximate surface area is 122 Å².